The van der Waals surface area contributed by atoms with Crippen molar-refractivity contribution in [2.75, 3.05) is 13.1 Å². The van der Waals surface area contributed by atoms with Crippen molar-refractivity contribution >= 4 is 11.2 Å². The summed E-state index contributed by atoms with van der Waals surface area (Å²) in [5.74, 6) is 0.766. The molecule has 7 nitrogen and oxygen atoms in total. The number of fused-ring (bicyclic) bond motifs is 1. The van der Waals surface area contributed by atoms with E-state index in [2.05, 4.69) is 10.3 Å². The van der Waals surface area contributed by atoms with Crippen molar-refractivity contribution in [3.63, 3.8) is 0 Å². The highest BCUT2D eigenvalue weighted by molar-refractivity contribution is 5.71. The maximum Gasteiger partial charge on any atom is 0.332 e. The maximum absolute atomic E-state index is 12.9. The summed E-state index contributed by atoms with van der Waals surface area (Å²) in [7, 11) is 1.69. The number of nitrogens with one attached hydrogen (secondary N) is 1. The van der Waals surface area contributed by atoms with Crippen LogP contribution in [0.3, 0.4) is 0 Å². The summed E-state index contributed by atoms with van der Waals surface area (Å²) >= 11 is 0. The average Bonchev–Trinajstić information content (AvgIpc) is 2.83. The predicted octanol–water partition coefficient (Wildman–Crippen LogP) is 0.150. The number of imidazole rings is 1. The van der Waals surface area contributed by atoms with Crippen LogP contribution in [0.5, 0.6) is 0 Å². The first kappa shape index (κ1) is 14.1. The summed E-state index contributed by atoms with van der Waals surface area (Å²) in [6.07, 6.45) is 1.61. The largest absolute Gasteiger partial charge is 0.332 e. The fourth-order valence-electron chi connectivity index (χ4n) is 3.22. The molecule has 0 amide bonds. The van der Waals surface area contributed by atoms with Gasteiger partial charge in [0.1, 0.15) is 5.82 Å². The Bertz CT molecular complexity index is 792. The van der Waals surface area contributed by atoms with Crippen molar-refractivity contribution in [1.29, 1.82) is 0 Å². The smallest absolute Gasteiger partial charge is 0.323 e. The molecule has 1 N–H and O–H groups in total. The van der Waals surface area contributed by atoms with Crippen LogP contribution in [0.15, 0.2) is 9.59 Å². The standard InChI is InChI=1S/C14H21N5O2/c1-4-18-9(2)16-12-11(18)13(20)19(14(21)17(12)3)10-5-7-15-8-6-10/h10,15H,4-8H2,1-3H3. The van der Waals surface area contributed by atoms with E-state index in [1.807, 2.05) is 18.4 Å². The molecule has 0 radical (unpaired) electrons. The van der Waals surface area contributed by atoms with Gasteiger partial charge in [0, 0.05) is 19.6 Å². The highest BCUT2D eigenvalue weighted by atomic mass is 16.2. The van der Waals surface area contributed by atoms with Gasteiger partial charge in [0.15, 0.2) is 11.2 Å². The number of aryl methyl sites for hydroxylation is 3. The lowest BCUT2D eigenvalue weighted by Crippen LogP contribution is -2.44. The fourth-order valence-corrected chi connectivity index (χ4v) is 3.22. The summed E-state index contributed by atoms with van der Waals surface area (Å²) in [5.41, 5.74) is 0.549. The second kappa shape index (κ2) is 5.14. The Kier molecular flexibility index (Phi) is 3.44. The fraction of sp³-hybridized carbons (Fsp3) is 0.643. The second-order valence-corrected chi connectivity index (χ2v) is 5.57. The highest BCUT2D eigenvalue weighted by Gasteiger charge is 2.23. The van der Waals surface area contributed by atoms with E-state index in [1.165, 1.54) is 9.13 Å². The molecule has 21 heavy (non-hydrogen) atoms. The van der Waals surface area contributed by atoms with E-state index < -0.39 is 0 Å². The van der Waals surface area contributed by atoms with Crippen molar-refractivity contribution in [2.45, 2.75) is 39.3 Å². The zero-order valence-electron chi connectivity index (χ0n) is 12.7. The minimum atomic E-state index is -0.264. The number of aromatic nitrogens is 4. The predicted molar refractivity (Wildman–Crippen MR) is 80.8 cm³/mol. The van der Waals surface area contributed by atoms with Crippen molar-refractivity contribution in [1.82, 2.24) is 24.0 Å². The Morgan fingerprint density at radius 3 is 2.57 bits per heavy atom. The van der Waals surface area contributed by atoms with Crippen molar-refractivity contribution in [3.8, 4) is 0 Å². The lowest BCUT2D eigenvalue weighted by atomic mass is 10.1. The molecule has 0 atom stereocenters. The van der Waals surface area contributed by atoms with Gasteiger partial charge < -0.3 is 9.88 Å². The molecule has 3 rings (SSSR count). The van der Waals surface area contributed by atoms with E-state index in [0.717, 1.165) is 31.8 Å². The monoisotopic (exact) mass is 291 g/mol. The van der Waals surface area contributed by atoms with Crippen LogP contribution < -0.4 is 16.6 Å². The zero-order valence-corrected chi connectivity index (χ0v) is 12.7. The number of rotatable bonds is 2. The minimum absolute atomic E-state index is 0.0256. The zero-order chi connectivity index (χ0) is 15.1. The van der Waals surface area contributed by atoms with Crippen LogP contribution in [0.25, 0.3) is 11.2 Å². The van der Waals surface area contributed by atoms with Gasteiger partial charge in [-0.3, -0.25) is 13.9 Å². The molecular formula is C14H21N5O2. The Hall–Kier alpha value is -1.89. The first-order valence-corrected chi connectivity index (χ1v) is 7.45. The van der Waals surface area contributed by atoms with Crippen LogP contribution >= 0.6 is 0 Å². The minimum Gasteiger partial charge on any atom is -0.323 e. The molecule has 0 aromatic carbocycles. The van der Waals surface area contributed by atoms with Gasteiger partial charge in [0.25, 0.3) is 5.56 Å². The van der Waals surface area contributed by atoms with Gasteiger partial charge in [0.05, 0.1) is 0 Å². The number of hydrogen-bond donors (Lipinski definition) is 1. The van der Waals surface area contributed by atoms with Crippen LogP contribution in [0.4, 0.5) is 0 Å². The van der Waals surface area contributed by atoms with E-state index in [0.29, 0.717) is 17.7 Å². The summed E-state index contributed by atoms with van der Waals surface area (Å²) in [5, 5.41) is 3.26. The molecule has 7 heteroatoms. The first-order chi connectivity index (χ1) is 10.1. The number of nitrogens with zero attached hydrogens (tertiary/aromatic N) is 4. The summed E-state index contributed by atoms with van der Waals surface area (Å²) in [6, 6.07) is -0.0256. The van der Waals surface area contributed by atoms with E-state index >= 15 is 0 Å². The molecule has 2 aromatic heterocycles. The van der Waals surface area contributed by atoms with Gasteiger partial charge in [-0.25, -0.2) is 9.78 Å². The van der Waals surface area contributed by atoms with Crippen LogP contribution in [-0.4, -0.2) is 31.8 Å². The number of hydrogen-bond acceptors (Lipinski definition) is 4. The average molecular weight is 291 g/mol. The molecule has 0 bridgehead atoms. The van der Waals surface area contributed by atoms with Gasteiger partial charge in [0.2, 0.25) is 0 Å². The van der Waals surface area contributed by atoms with Crippen LogP contribution in [-0.2, 0) is 13.6 Å². The van der Waals surface area contributed by atoms with Crippen molar-refractivity contribution in [2.24, 2.45) is 7.05 Å². The lowest BCUT2D eigenvalue weighted by Gasteiger charge is -2.24. The molecule has 3 heterocycles. The van der Waals surface area contributed by atoms with Gasteiger partial charge in [-0.2, -0.15) is 0 Å². The SMILES string of the molecule is CCn1c(C)nc2c1c(=O)n(C1CCNCC1)c(=O)n2C. The molecule has 0 unspecified atom stereocenters. The molecule has 0 spiro atoms. The van der Waals surface area contributed by atoms with Gasteiger partial charge >= 0.3 is 5.69 Å². The van der Waals surface area contributed by atoms with Gasteiger partial charge in [-0.15, -0.1) is 0 Å². The number of piperidine rings is 1. The van der Waals surface area contributed by atoms with Gasteiger partial charge in [-0.1, -0.05) is 0 Å². The molecule has 0 aliphatic carbocycles. The Balaban J connectivity index is 2.35. The second-order valence-electron chi connectivity index (χ2n) is 5.57. The Labute approximate surface area is 122 Å². The topological polar surface area (TPSA) is 73.8 Å². The molecule has 1 aliphatic heterocycles. The van der Waals surface area contributed by atoms with E-state index in [1.54, 1.807) is 7.05 Å². The Morgan fingerprint density at radius 1 is 1.29 bits per heavy atom. The summed E-state index contributed by atoms with van der Waals surface area (Å²) in [6.45, 7) is 6.19. The van der Waals surface area contributed by atoms with Crippen molar-refractivity contribution in [3.05, 3.63) is 26.7 Å². The van der Waals surface area contributed by atoms with Crippen LogP contribution in [0.2, 0.25) is 0 Å². The molecule has 1 aliphatic rings. The van der Waals surface area contributed by atoms with Gasteiger partial charge in [-0.05, 0) is 39.8 Å². The molecule has 1 saturated heterocycles. The quantitative estimate of drug-likeness (QED) is 0.855. The molecular weight excluding hydrogens is 270 g/mol. The van der Waals surface area contributed by atoms with E-state index in [9.17, 15) is 9.59 Å². The normalized spacial score (nSPS) is 16.7. The molecule has 0 saturated carbocycles. The van der Waals surface area contributed by atoms with E-state index in [-0.39, 0.29) is 17.3 Å². The molecule has 2 aromatic rings. The third kappa shape index (κ3) is 2.03. The molecule has 1 fully saturated rings. The van der Waals surface area contributed by atoms with E-state index in [4.69, 9.17) is 0 Å². The lowest BCUT2D eigenvalue weighted by molar-refractivity contribution is 0.347. The first-order valence-electron chi connectivity index (χ1n) is 7.45. The third-order valence-corrected chi connectivity index (χ3v) is 4.36. The highest BCUT2D eigenvalue weighted by Crippen LogP contribution is 2.16. The van der Waals surface area contributed by atoms with Crippen LogP contribution in [0, 0.1) is 6.92 Å². The Morgan fingerprint density at radius 2 is 1.95 bits per heavy atom. The van der Waals surface area contributed by atoms with Crippen molar-refractivity contribution < 1.29 is 0 Å². The maximum atomic E-state index is 12.9. The van der Waals surface area contributed by atoms with Crippen LogP contribution in [0.1, 0.15) is 31.6 Å². The molecule has 114 valence electrons. The third-order valence-electron chi connectivity index (χ3n) is 4.36. The summed E-state index contributed by atoms with van der Waals surface area (Å²) in [4.78, 5) is 29.8. The summed E-state index contributed by atoms with van der Waals surface area (Å²) < 4.78 is 4.81.